The third-order valence-corrected chi connectivity index (χ3v) is 4.94. The normalized spacial score (nSPS) is 10.8. The van der Waals surface area contributed by atoms with Gasteiger partial charge in [-0.1, -0.05) is 54.6 Å². The Labute approximate surface area is 177 Å². The molecule has 0 unspecified atom stereocenters. The highest BCUT2D eigenvalue weighted by molar-refractivity contribution is 5.93. The van der Waals surface area contributed by atoms with E-state index in [1.165, 1.54) is 5.56 Å². The molecule has 0 bridgehead atoms. The van der Waals surface area contributed by atoms with Crippen molar-refractivity contribution in [2.75, 3.05) is 25.0 Å². The first-order valence-corrected chi connectivity index (χ1v) is 10.4. The van der Waals surface area contributed by atoms with Crippen molar-refractivity contribution in [2.45, 2.75) is 13.3 Å². The van der Waals surface area contributed by atoms with Crippen molar-refractivity contribution in [2.24, 2.45) is 0 Å². The van der Waals surface area contributed by atoms with Crippen molar-refractivity contribution in [3.8, 4) is 5.75 Å². The molecule has 0 saturated heterocycles. The quantitative estimate of drug-likeness (QED) is 0.366. The van der Waals surface area contributed by atoms with Crippen LogP contribution in [0.15, 0.2) is 84.9 Å². The molecule has 0 amide bonds. The molecule has 0 aliphatic rings. The molecule has 0 fully saturated rings. The summed E-state index contributed by atoms with van der Waals surface area (Å²) in [4.78, 5) is 4.61. The molecule has 1 heterocycles. The molecule has 2 N–H and O–H groups in total. The molecule has 0 saturated carbocycles. The van der Waals surface area contributed by atoms with E-state index in [1.807, 2.05) is 49.4 Å². The van der Waals surface area contributed by atoms with Crippen molar-refractivity contribution < 1.29 is 4.74 Å². The number of fused-ring (bicyclic) bond motifs is 1. The van der Waals surface area contributed by atoms with Gasteiger partial charge in [-0.2, -0.15) is 0 Å². The van der Waals surface area contributed by atoms with Gasteiger partial charge in [-0.3, -0.25) is 4.98 Å². The molecule has 4 aromatic rings. The van der Waals surface area contributed by atoms with E-state index in [9.17, 15) is 0 Å². The average Bonchev–Trinajstić information content (AvgIpc) is 2.77. The molecule has 4 heteroatoms. The average molecular weight is 398 g/mol. The van der Waals surface area contributed by atoms with Crippen LogP contribution in [0.25, 0.3) is 10.9 Å². The monoisotopic (exact) mass is 397 g/mol. The van der Waals surface area contributed by atoms with Crippen molar-refractivity contribution in [3.05, 3.63) is 96.2 Å². The Balaban J connectivity index is 1.30. The first-order chi connectivity index (χ1) is 14.8. The van der Waals surface area contributed by atoms with E-state index in [4.69, 9.17) is 4.74 Å². The summed E-state index contributed by atoms with van der Waals surface area (Å²) >= 11 is 0. The summed E-state index contributed by atoms with van der Waals surface area (Å²) in [5, 5.41) is 8.07. The van der Waals surface area contributed by atoms with Crippen molar-refractivity contribution in [3.63, 3.8) is 0 Å². The third-order valence-electron chi connectivity index (χ3n) is 4.94. The summed E-state index contributed by atoms with van der Waals surface area (Å²) in [5.74, 6) is 0.861. The molecule has 30 heavy (non-hydrogen) atoms. The van der Waals surface area contributed by atoms with Gasteiger partial charge in [0.15, 0.2) is 0 Å². The number of pyridine rings is 1. The highest BCUT2D eigenvalue weighted by Crippen LogP contribution is 2.27. The second-order valence-corrected chi connectivity index (χ2v) is 7.32. The van der Waals surface area contributed by atoms with Gasteiger partial charge in [0.2, 0.25) is 0 Å². The largest absolute Gasteiger partial charge is 0.492 e. The minimum Gasteiger partial charge on any atom is -0.492 e. The van der Waals surface area contributed by atoms with E-state index in [2.05, 4.69) is 58.1 Å². The minimum absolute atomic E-state index is 0.634. The van der Waals surface area contributed by atoms with Crippen LogP contribution in [0.5, 0.6) is 5.75 Å². The van der Waals surface area contributed by atoms with Crippen LogP contribution < -0.4 is 15.4 Å². The molecule has 152 valence electrons. The first kappa shape index (κ1) is 19.9. The maximum atomic E-state index is 5.93. The Morgan fingerprint density at radius 3 is 2.57 bits per heavy atom. The maximum absolute atomic E-state index is 5.93. The molecule has 0 aliphatic carbocycles. The lowest BCUT2D eigenvalue weighted by Gasteiger charge is -2.13. The van der Waals surface area contributed by atoms with Crippen LogP contribution in [0, 0.1) is 6.92 Å². The van der Waals surface area contributed by atoms with Crippen LogP contribution in [-0.2, 0) is 6.42 Å². The van der Waals surface area contributed by atoms with Crippen LogP contribution in [-0.4, -0.2) is 24.7 Å². The molecule has 1 aromatic heterocycles. The van der Waals surface area contributed by atoms with Gasteiger partial charge in [0, 0.05) is 35.1 Å². The number of nitrogens with zero attached hydrogens (tertiary/aromatic N) is 1. The van der Waals surface area contributed by atoms with Crippen LogP contribution >= 0.6 is 0 Å². The van der Waals surface area contributed by atoms with E-state index in [1.54, 1.807) is 0 Å². The van der Waals surface area contributed by atoms with Crippen LogP contribution in [0.2, 0.25) is 0 Å². The van der Waals surface area contributed by atoms with Gasteiger partial charge in [-0.05, 0) is 49.7 Å². The zero-order valence-electron chi connectivity index (χ0n) is 17.3. The Hall–Kier alpha value is -3.37. The molecule has 0 atom stereocenters. The smallest absolute Gasteiger partial charge is 0.121 e. The summed E-state index contributed by atoms with van der Waals surface area (Å²) in [6.07, 6.45) is 1.03. The second kappa shape index (κ2) is 9.90. The number of anilines is 2. The predicted molar refractivity (Wildman–Crippen MR) is 125 cm³/mol. The lowest BCUT2D eigenvalue weighted by atomic mass is 10.1. The fourth-order valence-corrected chi connectivity index (χ4v) is 3.47. The lowest BCUT2D eigenvalue weighted by Crippen LogP contribution is -2.23. The number of ether oxygens (including phenoxy) is 1. The molecule has 4 nitrogen and oxygen atoms in total. The van der Waals surface area contributed by atoms with Gasteiger partial charge in [0.1, 0.15) is 12.4 Å². The zero-order chi connectivity index (χ0) is 20.6. The number of aryl methyl sites for hydroxylation is 1. The van der Waals surface area contributed by atoms with Crippen LogP contribution in [0.4, 0.5) is 11.4 Å². The molecule has 3 aromatic carbocycles. The van der Waals surface area contributed by atoms with Gasteiger partial charge in [-0.15, -0.1) is 0 Å². The molecular weight excluding hydrogens is 370 g/mol. The Bertz CT molecular complexity index is 1100. The summed E-state index contributed by atoms with van der Waals surface area (Å²) in [6, 6.07) is 28.9. The van der Waals surface area contributed by atoms with Crippen LogP contribution in [0.3, 0.4) is 0 Å². The fourth-order valence-electron chi connectivity index (χ4n) is 3.47. The Morgan fingerprint density at radius 1 is 0.833 bits per heavy atom. The number of hydrogen-bond acceptors (Lipinski definition) is 4. The first-order valence-electron chi connectivity index (χ1n) is 10.4. The number of aromatic nitrogens is 1. The van der Waals surface area contributed by atoms with Gasteiger partial charge in [0.05, 0.1) is 5.52 Å². The number of nitrogens with one attached hydrogen (secondary N) is 2. The van der Waals surface area contributed by atoms with Crippen LogP contribution in [0.1, 0.15) is 11.3 Å². The van der Waals surface area contributed by atoms with E-state index in [-0.39, 0.29) is 0 Å². The number of rotatable bonds is 9. The summed E-state index contributed by atoms with van der Waals surface area (Å²) in [5.41, 5.74) is 5.39. The fraction of sp³-hybridized carbons (Fsp3) is 0.192. The Kier molecular flexibility index (Phi) is 6.58. The number of para-hydroxylation sites is 1. The van der Waals surface area contributed by atoms with E-state index < -0.39 is 0 Å². The summed E-state index contributed by atoms with van der Waals surface area (Å²) in [7, 11) is 0. The highest BCUT2D eigenvalue weighted by atomic mass is 16.5. The summed E-state index contributed by atoms with van der Waals surface area (Å²) < 4.78 is 5.93. The molecule has 0 spiro atoms. The number of benzene rings is 3. The SMILES string of the molecule is Cc1cc(Nc2cccc(OCCNCCc3ccccc3)c2)c2ccccc2n1. The lowest BCUT2D eigenvalue weighted by molar-refractivity contribution is 0.314. The van der Waals surface area contributed by atoms with E-state index in [0.29, 0.717) is 6.61 Å². The van der Waals surface area contributed by atoms with E-state index >= 15 is 0 Å². The van der Waals surface area contributed by atoms with Gasteiger partial charge in [0.25, 0.3) is 0 Å². The standard InChI is InChI=1S/C26H27N3O/c1-20-18-26(24-12-5-6-13-25(24)28-20)29-22-10-7-11-23(19-22)30-17-16-27-15-14-21-8-3-2-4-9-21/h2-13,18-19,27H,14-17H2,1H3,(H,28,29). The summed E-state index contributed by atoms with van der Waals surface area (Å²) in [6.45, 7) is 4.42. The number of hydrogen-bond donors (Lipinski definition) is 2. The van der Waals surface area contributed by atoms with Crippen molar-refractivity contribution >= 4 is 22.3 Å². The topological polar surface area (TPSA) is 46.2 Å². The highest BCUT2D eigenvalue weighted by Gasteiger charge is 2.05. The second-order valence-electron chi connectivity index (χ2n) is 7.32. The molecule has 0 radical (unpaired) electrons. The Morgan fingerprint density at radius 2 is 1.67 bits per heavy atom. The molecule has 4 rings (SSSR count). The van der Waals surface area contributed by atoms with Gasteiger partial charge < -0.3 is 15.4 Å². The maximum Gasteiger partial charge on any atom is 0.121 e. The molecule has 0 aliphatic heterocycles. The predicted octanol–water partition coefficient (Wildman–Crippen LogP) is 5.50. The van der Waals surface area contributed by atoms with Crippen molar-refractivity contribution in [1.82, 2.24) is 10.3 Å². The molecular formula is C26H27N3O. The minimum atomic E-state index is 0.634. The van der Waals surface area contributed by atoms with Crippen molar-refractivity contribution in [1.29, 1.82) is 0 Å². The zero-order valence-corrected chi connectivity index (χ0v) is 17.3. The van der Waals surface area contributed by atoms with Gasteiger partial charge >= 0.3 is 0 Å². The third kappa shape index (κ3) is 5.37. The van der Waals surface area contributed by atoms with E-state index in [0.717, 1.165) is 53.2 Å². The van der Waals surface area contributed by atoms with Gasteiger partial charge in [-0.25, -0.2) is 0 Å².